The molecule has 6 nitrogen and oxygen atoms in total. The fourth-order valence-corrected chi connectivity index (χ4v) is 1.62. The van der Waals surface area contributed by atoms with Crippen LogP contribution in [0.3, 0.4) is 0 Å². The molecule has 0 saturated carbocycles. The number of rotatable bonds is 5. The summed E-state index contributed by atoms with van der Waals surface area (Å²) in [5.74, 6) is -0.125. The van der Waals surface area contributed by atoms with Gasteiger partial charge in [0.05, 0.1) is 25.2 Å². The normalized spacial score (nSPS) is 9.89. The molecule has 0 heterocycles. The maximum atomic E-state index is 11.8. The monoisotopic (exact) mass is 285 g/mol. The average Bonchev–Trinajstić information content (AvgIpc) is 2.43. The van der Waals surface area contributed by atoms with Gasteiger partial charge in [-0.2, -0.15) is 0 Å². The largest absolute Gasteiger partial charge is 0.495 e. The Morgan fingerprint density at radius 3 is 2.68 bits per heavy atom. The SMILES string of the molecule is COc1ccc(N(C)C(=O)CNC(=O)CN)cc1Cl. The van der Waals surface area contributed by atoms with Gasteiger partial charge in [-0.3, -0.25) is 9.59 Å². The van der Waals surface area contributed by atoms with Gasteiger partial charge in [-0.15, -0.1) is 0 Å². The van der Waals surface area contributed by atoms with Crippen LogP contribution in [-0.4, -0.2) is 39.1 Å². The number of ether oxygens (including phenoxy) is 1. The molecular formula is C12H16ClN3O3. The lowest BCUT2D eigenvalue weighted by molar-refractivity contribution is -0.124. The summed E-state index contributed by atoms with van der Waals surface area (Å²) in [7, 11) is 3.10. The minimum absolute atomic E-state index is 0.115. The number of methoxy groups -OCH3 is 1. The van der Waals surface area contributed by atoms with E-state index in [0.717, 1.165) is 0 Å². The number of hydrogen-bond donors (Lipinski definition) is 2. The van der Waals surface area contributed by atoms with Crippen molar-refractivity contribution in [3.8, 4) is 5.75 Å². The summed E-state index contributed by atoms with van der Waals surface area (Å²) in [5, 5.41) is 2.82. The molecule has 1 aromatic carbocycles. The van der Waals surface area contributed by atoms with Crippen LogP contribution >= 0.6 is 11.6 Å². The first-order chi connectivity index (χ1) is 8.99. The molecule has 0 unspecified atom stereocenters. The summed E-state index contributed by atoms with van der Waals surface area (Å²) >= 11 is 5.98. The van der Waals surface area contributed by atoms with Crippen LogP contribution in [0, 0.1) is 0 Å². The molecule has 0 atom stereocenters. The van der Waals surface area contributed by atoms with Crippen LogP contribution in [0.4, 0.5) is 5.69 Å². The first-order valence-electron chi connectivity index (χ1n) is 5.56. The van der Waals surface area contributed by atoms with E-state index in [9.17, 15) is 9.59 Å². The molecule has 3 N–H and O–H groups in total. The molecule has 0 fully saturated rings. The number of amides is 2. The van der Waals surface area contributed by atoms with Crippen LogP contribution in [0.1, 0.15) is 0 Å². The smallest absolute Gasteiger partial charge is 0.246 e. The summed E-state index contributed by atoms with van der Waals surface area (Å²) in [6.07, 6.45) is 0. The van der Waals surface area contributed by atoms with Gasteiger partial charge in [0.15, 0.2) is 0 Å². The predicted octanol–water partition coefficient (Wildman–Crippen LogP) is 0.386. The van der Waals surface area contributed by atoms with Crippen molar-refractivity contribution in [1.29, 1.82) is 0 Å². The zero-order chi connectivity index (χ0) is 14.4. The maximum Gasteiger partial charge on any atom is 0.246 e. The van der Waals surface area contributed by atoms with Crippen molar-refractivity contribution in [1.82, 2.24) is 5.32 Å². The number of carbonyl (C=O) groups excluding carboxylic acids is 2. The van der Waals surface area contributed by atoms with Crippen molar-refractivity contribution in [2.45, 2.75) is 0 Å². The van der Waals surface area contributed by atoms with E-state index in [2.05, 4.69) is 5.32 Å². The fraction of sp³-hybridized carbons (Fsp3) is 0.333. The first-order valence-corrected chi connectivity index (χ1v) is 5.94. The van der Waals surface area contributed by atoms with Gasteiger partial charge in [0.1, 0.15) is 5.75 Å². The summed E-state index contributed by atoms with van der Waals surface area (Å²) in [4.78, 5) is 24.2. The van der Waals surface area contributed by atoms with E-state index < -0.39 is 0 Å². The Morgan fingerprint density at radius 2 is 2.16 bits per heavy atom. The quantitative estimate of drug-likeness (QED) is 0.819. The Bertz CT molecular complexity index is 479. The lowest BCUT2D eigenvalue weighted by Gasteiger charge is -2.18. The second-order valence-corrected chi connectivity index (χ2v) is 4.16. The van der Waals surface area contributed by atoms with Gasteiger partial charge < -0.3 is 20.7 Å². The molecule has 0 radical (unpaired) electrons. The highest BCUT2D eigenvalue weighted by atomic mass is 35.5. The molecule has 0 aliphatic heterocycles. The standard InChI is InChI=1S/C12H16ClN3O3/c1-16(12(18)7-15-11(17)6-14)8-3-4-10(19-2)9(13)5-8/h3-5H,6-7,14H2,1-2H3,(H,15,17). The fourth-order valence-electron chi connectivity index (χ4n) is 1.37. The number of hydrogen-bond acceptors (Lipinski definition) is 4. The molecular weight excluding hydrogens is 270 g/mol. The number of anilines is 1. The van der Waals surface area contributed by atoms with Crippen LogP contribution in [0.15, 0.2) is 18.2 Å². The number of nitrogens with two attached hydrogens (primary N) is 1. The molecule has 7 heteroatoms. The molecule has 0 saturated heterocycles. The summed E-state index contributed by atoms with van der Waals surface area (Å²) in [6, 6.07) is 4.98. The number of halogens is 1. The summed E-state index contributed by atoms with van der Waals surface area (Å²) in [6.45, 7) is -0.262. The predicted molar refractivity (Wildman–Crippen MR) is 73.5 cm³/mol. The van der Waals surface area contributed by atoms with Gasteiger partial charge in [-0.1, -0.05) is 11.6 Å². The third-order valence-corrected chi connectivity index (χ3v) is 2.81. The van der Waals surface area contributed by atoms with E-state index >= 15 is 0 Å². The van der Waals surface area contributed by atoms with Crippen LogP contribution in [0.5, 0.6) is 5.75 Å². The lowest BCUT2D eigenvalue weighted by Crippen LogP contribution is -2.40. The molecule has 0 aliphatic rings. The lowest BCUT2D eigenvalue weighted by atomic mass is 10.2. The number of nitrogens with one attached hydrogen (secondary N) is 1. The van der Waals surface area contributed by atoms with E-state index in [1.54, 1.807) is 25.2 Å². The molecule has 0 aromatic heterocycles. The number of nitrogens with zero attached hydrogens (tertiary/aromatic N) is 1. The van der Waals surface area contributed by atoms with E-state index in [4.69, 9.17) is 22.1 Å². The summed E-state index contributed by atoms with van der Waals surface area (Å²) < 4.78 is 5.03. The highest BCUT2D eigenvalue weighted by Crippen LogP contribution is 2.28. The second-order valence-electron chi connectivity index (χ2n) is 3.75. The molecule has 0 spiro atoms. The van der Waals surface area contributed by atoms with Crippen molar-refractivity contribution >= 4 is 29.1 Å². The minimum atomic E-state index is -0.380. The Hall–Kier alpha value is -1.79. The third-order valence-electron chi connectivity index (χ3n) is 2.52. The number of benzene rings is 1. The van der Waals surface area contributed by atoms with Gasteiger partial charge in [0, 0.05) is 12.7 Å². The minimum Gasteiger partial charge on any atom is -0.495 e. The van der Waals surface area contributed by atoms with Crippen molar-refractivity contribution in [2.75, 3.05) is 32.1 Å². The van der Waals surface area contributed by atoms with Crippen LogP contribution in [0.25, 0.3) is 0 Å². The Morgan fingerprint density at radius 1 is 1.47 bits per heavy atom. The van der Waals surface area contributed by atoms with Gasteiger partial charge in [-0.05, 0) is 18.2 Å². The molecule has 2 amide bonds. The number of carbonyl (C=O) groups is 2. The number of likely N-dealkylation sites (N-methyl/N-ethyl adjacent to an activating group) is 1. The molecule has 0 bridgehead atoms. The van der Waals surface area contributed by atoms with Crippen LogP contribution < -0.4 is 20.7 Å². The maximum absolute atomic E-state index is 11.8. The first kappa shape index (κ1) is 15.3. The second kappa shape index (κ2) is 6.96. The highest BCUT2D eigenvalue weighted by Gasteiger charge is 2.13. The average molecular weight is 286 g/mol. The molecule has 1 aromatic rings. The van der Waals surface area contributed by atoms with E-state index in [0.29, 0.717) is 16.5 Å². The summed E-state index contributed by atoms with van der Waals surface area (Å²) in [5.41, 5.74) is 5.74. The Labute approximate surface area is 116 Å². The van der Waals surface area contributed by atoms with Gasteiger partial charge in [-0.25, -0.2) is 0 Å². The van der Waals surface area contributed by atoms with E-state index in [1.807, 2.05) is 0 Å². The third kappa shape index (κ3) is 4.11. The highest BCUT2D eigenvalue weighted by molar-refractivity contribution is 6.32. The zero-order valence-electron chi connectivity index (χ0n) is 10.8. The molecule has 0 aliphatic carbocycles. The molecule has 1 rings (SSSR count). The molecule has 19 heavy (non-hydrogen) atoms. The Kier molecular flexibility index (Phi) is 5.59. The van der Waals surface area contributed by atoms with Gasteiger partial charge in [0.2, 0.25) is 11.8 Å². The van der Waals surface area contributed by atoms with Crippen LogP contribution in [0.2, 0.25) is 5.02 Å². The van der Waals surface area contributed by atoms with Crippen LogP contribution in [-0.2, 0) is 9.59 Å². The Balaban J connectivity index is 2.71. The van der Waals surface area contributed by atoms with Crippen molar-refractivity contribution in [2.24, 2.45) is 5.73 Å². The topological polar surface area (TPSA) is 84.7 Å². The van der Waals surface area contributed by atoms with E-state index in [-0.39, 0.29) is 24.9 Å². The van der Waals surface area contributed by atoms with Gasteiger partial charge >= 0.3 is 0 Å². The van der Waals surface area contributed by atoms with E-state index in [1.165, 1.54) is 12.0 Å². The van der Waals surface area contributed by atoms with Gasteiger partial charge in [0.25, 0.3) is 0 Å². The molecule has 104 valence electrons. The van der Waals surface area contributed by atoms with Crippen molar-refractivity contribution < 1.29 is 14.3 Å². The van der Waals surface area contributed by atoms with Crippen molar-refractivity contribution in [3.05, 3.63) is 23.2 Å². The zero-order valence-corrected chi connectivity index (χ0v) is 11.5. The van der Waals surface area contributed by atoms with Crippen molar-refractivity contribution in [3.63, 3.8) is 0 Å².